The highest BCUT2D eigenvalue weighted by molar-refractivity contribution is 14.0. The van der Waals surface area contributed by atoms with Crippen LogP contribution in [0, 0.1) is 0 Å². The van der Waals surface area contributed by atoms with Crippen molar-refractivity contribution >= 4 is 29.9 Å². The highest BCUT2D eigenvalue weighted by Gasteiger charge is 2.30. The monoisotopic (exact) mass is 482 g/mol. The van der Waals surface area contributed by atoms with E-state index in [0.29, 0.717) is 24.6 Å². The van der Waals surface area contributed by atoms with E-state index in [2.05, 4.69) is 25.8 Å². The van der Waals surface area contributed by atoms with Gasteiger partial charge in [-0.15, -0.1) is 34.2 Å². The summed E-state index contributed by atoms with van der Waals surface area (Å²) in [7, 11) is 1.61. The average molecular weight is 482 g/mol. The summed E-state index contributed by atoms with van der Waals surface area (Å²) in [5.74, 6) is 1.41. The van der Waals surface area contributed by atoms with Crippen molar-refractivity contribution in [2.75, 3.05) is 13.6 Å². The number of aromatic nitrogens is 3. The van der Waals surface area contributed by atoms with Gasteiger partial charge in [-0.2, -0.15) is 13.2 Å². The Morgan fingerprint density at radius 1 is 1.27 bits per heavy atom. The molecule has 0 unspecified atom stereocenters. The molecule has 144 valence electrons. The zero-order chi connectivity index (χ0) is 18.3. The second-order valence-corrected chi connectivity index (χ2v) is 5.34. The van der Waals surface area contributed by atoms with Gasteiger partial charge >= 0.3 is 6.18 Å². The predicted octanol–water partition coefficient (Wildman–Crippen LogP) is 2.84. The van der Waals surface area contributed by atoms with Crippen LogP contribution in [0.25, 0.3) is 0 Å². The maximum Gasteiger partial charge on any atom is 0.416 e. The van der Waals surface area contributed by atoms with Crippen molar-refractivity contribution in [1.82, 2.24) is 25.4 Å². The fraction of sp³-hybridized carbons (Fsp3) is 0.438. The van der Waals surface area contributed by atoms with Gasteiger partial charge < -0.3 is 15.2 Å². The maximum atomic E-state index is 12.7. The Morgan fingerprint density at radius 3 is 2.69 bits per heavy atom. The zero-order valence-corrected chi connectivity index (χ0v) is 16.9. The van der Waals surface area contributed by atoms with Crippen LogP contribution in [0.15, 0.2) is 35.6 Å². The molecule has 2 N–H and O–H groups in total. The van der Waals surface area contributed by atoms with Crippen molar-refractivity contribution in [3.63, 3.8) is 0 Å². The summed E-state index contributed by atoms with van der Waals surface area (Å²) in [5.41, 5.74) is -0.126. The van der Waals surface area contributed by atoms with Crippen LogP contribution in [0.3, 0.4) is 0 Å². The number of halogens is 4. The molecule has 2 rings (SSSR count). The van der Waals surface area contributed by atoms with Crippen molar-refractivity contribution in [2.45, 2.75) is 32.6 Å². The van der Waals surface area contributed by atoms with Crippen molar-refractivity contribution in [3.8, 4) is 0 Å². The molecule has 1 aromatic carbocycles. The molecule has 0 amide bonds. The Morgan fingerprint density at radius 2 is 2.04 bits per heavy atom. The number of hydrogen-bond acceptors (Lipinski definition) is 3. The molecule has 6 nitrogen and oxygen atoms in total. The summed E-state index contributed by atoms with van der Waals surface area (Å²) in [6.07, 6.45) is -1.88. The van der Waals surface area contributed by atoms with E-state index < -0.39 is 11.7 Å². The van der Waals surface area contributed by atoms with Crippen molar-refractivity contribution in [1.29, 1.82) is 0 Å². The van der Waals surface area contributed by atoms with Gasteiger partial charge in [-0.1, -0.05) is 19.1 Å². The summed E-state index contributed by atoms with van der Waals surface area (Å²) in [5, 5.41) is 14.0. The van der Waals surface area contributed by atoms with Crippen molar-refractivity contribution in [3.05, 3.63) is 47.5 Å². The first-order valence-corrected chi connectivity index (χ1v) is 7.91. The number of aryl methyl sites for hydroxylation is 1. The number of nitrogens with one attached hydrogen (secondary N) is 2. The first-order valence-electron chi connectivity index (χ1n) is 7.91. The largest absolute Gasteiger partial charge is 0.416 e. The van der Waals surface area contributed by atoms with Crippen LogP contribution in [0.4, 0.5) is 13.2 Å². The molecule has 0 aliphatic heterocycles. The number of hydrogen-bond donors (Lipinski definition) is 2. The van der Waals surface area contributed by atoms with Gasteiger partial charge in [0, 0.05) is 33.1 Å². The molecule has 0 spiro atoms. The fourth-order valence-corrected chi connectivity index (χ4v) is 2.30. The van der Waals surface area contributed by atoms with E-state index in [1.54, 1.807) is 19.4 Å². The van der Waals surface area contributed by atoms with Gasteiger partial charge in [-0.05, 0) is 17.7 Å². The molecule has 0 fully saturated rings. The van der Waals surface area contributed by atoms with Crippen LogP contribution in [0.2, 0.25) is 0 Å². The van der Waals surface area contributed by atoms with E-state index >= 15 is 0 Å². The van der Waals surface area contributed by atoms with Gasteiger partial charge in [0.25, 0.3) is 0 Å². The van der Waals surface area contributed by atoms with E-state index in [0.717, 1.165) is 24.4 Å². The topological polar surface area (TPSA) is 67.1 Å². The summed E-state index contributed by atoms with van der Waals surface area (Å²) in [6, 6.07) is 5.22. The van der Waals surface area contributed by atoms with Crippen LogP contribution >= 0.6 is 24.0 Å². The third-order valence-electron chi connectivity index (χ3n) is 3.59. The number of aliphatic imine (C=N–C) groups is 1. The van der Waals surface area contributed by atoms with Crippen LogP contribution in [0.1, 0.15) is 23.9 Å². The standard InChI is InChI=1S/C16H21F3N6.HI/c1-3-14-24-23-11-25(14)8-7-21-15(20-2)22-10-12-5-4-6-13(9-12)16(17,18)19;/h4-6,9,11H,3,7-8,10H2,1-2H3,(H2,20,21,22);1H. The normalized spacial score (nSPS) is 11.8. The quantitative estimate of drug-likeness (QED) is 0.378. The lowest BCUT2D eigenvalue weighted by Gasteiger charge is -2.13. The van der Waals surface area contributed by atoms with Gasteiger partial charge in [0.15, 0.2) is 5.96 Å². The first-order chi connectivity index (χ1) is 11.9. The number of alkyl halides is 3. The van der Waals surface area contributed by atoms with E-state index in [1.165, 1.54) is 6.07 Å². The van der Waals surface area contributed by atoms with Gasteiger partial charge in [0.2, 0.25) is 0 Å². The third-order valence-corrected chi connectivity index (χ3v) is 3.59. The molecule has 2 aromatic rings. The van der Waals surface area contributed by atoms with Gasteiger partial charge in [-0.25, -0.2) is 0 Å². The molecular weight excluding hydrogens is 460 g/mol. The average Bonchev–Trinajstić information content (AvgIpc) is 3.05. The van der Waals surface area contributed by atoms with Gasteiger partial charge in [-0.3, -0.25) is 4.99 Å². The fourth-order valence-electron chi connectivity index (χ4n) is 2.30. The van der Waals surface area contributed by atoms with Crippen LogP contribution < -0.4 is 10.6 Å². The van der Waals surface area contributed by atoms with Gasteiger partial charge in [0.05, 0.1) is 5.56 Å². The lowest BCUT2D eigenvalue weighted by molar-refractivity contribution is -0.137. The lowest BCUT2D eigenvalue weighted by atomic mass is 10.1. The molecule has 0 saturated heterocycles. The Labute approximate surface area is 167 Å². The molecule has 0 atom stereocenters. The smallest absolute Gasteiger partial charge is 0.355 e. The number of guanidine groups is 1. The Bertz CT molecular complexity index is 714. The Kier molecular flexibility index (Phi) is 8.82. The minimum Gasteiger partial charge on any atom is -0.355 e. The van der Waals surface area contributed by atoms with E-state index in [-0.39, 0.29) is 30.5 Å². The van der Waals surface area contributed by atoms with Crippen LogP contribution in [0.5, 0.6) is 0 Å². The molecule has 0 aliphatic carbocycles. The maximum absolute atomic E-state index is 12.7. The molecule has 0 bridgehead atoms. The Balaban J connectivity index is 0.00000338. The minimum atomic E-state index is -4.34. The lowest BCUT2D eigenvalue weighted by Crippen LogP contribution is -2.38. The molecule has 1 aromatic heterocycles. The number of rotatable bonds is 6. The number of benzene rings is 1. The summed E-state index contributed by atoms with van der Waals surface area (Å²) < 4.78 is 40.1. The zero-order valence-electron chi connectivity index (χ0n) is 14.5. The second-order valence-electron chi connectivity index (χ2n) is 5.34. The van der Waals surface area contributed by atoms with Crippen molar-refractivity contribution in [2.24, 2.45) is 4.99 Å². The van der Waals surface area contributed by atoms with Crippen molar-refractivity contribution < 1.29 is 13.2 Å². The molecular formula is C16H22F3IN6. The third kappa shape index (κ3) is 6.46. The predicted molar refractivity (Wildman–Crippen MR) is 104 cm³/mol. The summed E-state index contributed by atoms with van der Waals surface area (Å²) >= 11 is 0. The molecule has 10 heteroatoms. The molecule has 0 aliphatic rings. The summed E-state index contributed by atoms with van der Waals surface area (Å²) in [6.45, 7) is 3.51. The first kappa shape index (κ1) is 22.2. The highest BCUT2D eigenvalue weighted by Crippen LogP contribution is 2.29. The van der Waals surface area contributed by atoms with Gasteiger partial charge in [0.1, 0.15) is 12.2 Å². The highest BCUT2D eigenvalue weighted by atomic mass is 127. The molecule has 26 heavy (non-hydrogen) atoms. The second kappa shape index (κ2) is 10.3. The van der Waals surface area contributed by atoms with E-state index in [4.69, 9.17) is 0 Å². The van der Waals surface area contributed by atoms with E-state index in [1.807, 2.05) is 11.5 Å². The molecule has 1 heterocycles. The molecule has 0 saturated carbocycles. The minimum absolute atomic E-state index is 0. The Hall–Kier alpha value is -1.85. The SMILES string of the molecule is CCc1nncn1CCNC(=NC)NCc1cccc(C(F)(F)F)c1.I. The summed E-state index contributed by atoms with van der Waals surface area (Å²) in [4.78, 5) is 4.07. The van der Waals surface area contributed by atoms with Crippen LogP contribution in [-0.2, 0) is 25.7 Å². The number of nitrogens with zero attached hydrogens (tertiary/aromatic N) is 4. The van der Waals surface area contributed by atoms with E-state index in [9.17, 15) is 13.2 Å². The molecule has 0 radical (unpaired) electrons. The van der Waals surface area contributed by atoms with Crippen LogP contribution in [-0.4, -0.2) is 34.3 Å².